The van der Waals surface area contributed by atoms with E-state index in [2.05, 4.69) is 26.3 Å². The minimum Gasteiger partial charge on any atom is -0.311 e. The molecule has 2 aromatic rings. The Balaban J connectivity index is 2.35. The lowest BCUT2D eigenvalue weighted by Crippen LogP contribution is -2.22. The highest BCUT2D eigenvalue weighted by Crippen LogP contribution is 2.31. The van der Waals surface area contributed by atoms with E-state index in [4.69, 9.17) is 23.2 Å². The Morgan fingerprint density at radius 2 is 2.00 bits per heavy atom. The fraction of sp³-hybridized carbons (Fsp3) is 0.308. The largest absolute Gasteiger partial charge is 0.311 e. The molecule has 0 bridgehead atoms. The monoisotopic (exact) mass is 361 g/mol. The first-order valence-corrected chi connectivity index (χ1v) is 7.37. The molecule has 0 aliphatic rings. The molecule has 1 N–H and O–H groups in total. The molecule has 0 spiro atoms. The number of nitrogens with zero attached hydrogens (tertiary/aromatic N) is 2. The fourth-order valence-corrected chi connectivity index (χ4v) is 3.26. The summed E-state index contributed by atoms with van der Waals surface area (Å²) in [6, 6.07) is 5.64. The van der Waals surface area contributed by atoms with Crippen LogP contribution in [0.3, 0.4) is 0 Å². The van der Waals surface area contributed by atoms with Crippen LogP contribution < -0.4 is 5.32 Å². The van der Waals surface area contributed by atoms with Gasteiger partial charge < -0.3 is 5.32 Å². The van der Waals surface area contributed by atoms with Crippen LogP contribution in [0.2, 0.25) is 10.0 Å². The molecule has 0 fully saturated rings. The zero-order valence-electron chi connectivity index (χ0n) is 10.6. The van der Waals surface area contributed by atoms with E-state index in [1.807, 2.05) is 37.0 Å². The summed E-state index contributed by atoms with van der Waals surface area (Å²) < 4.78 is 2.81. The number of aromatic nitrogens is 2. The lowest BCUT2D eigenvalue weighted by Gasteiger charge is -2.19. The Hall–Kier alpha value is -0.550. The van der Waals surface area contributed by atoms with E-state index in [-0.39, 0.29) is 6.04 Å². The van der Waals surface area contributed by atoms with Crippen LogP contribution in [0.1, 0.15) is 17.3 Å². The van der Waals surface area contributed by atoms with Gasteiger partial charge in [-0.1, -0.05) is 29.3 Å². The number of rotatable bonds is 4. The van der Waals surface area contributed by atoms with Crippen LogP contribution in [0.5, 0.6) is 0 Å². The molecule has 19 heavy (non-hydrogen) atoms. The van der Waals surface area contributed by atoms with Gasteiger partial charge in [0.05, 0.1) is 22.4 Å². The Morgan fingerprint density at radius 1 is 1.37 bits per heavy atom. The van der Waals surface area contributed by atoms with Gasteiger partial charge in [0.15, 0.2) is 0 Å². The van der Waals surface area contributed by atoms with Gasteiger partial charge in [0, 0.05) is 17.1 Å². The number of benzene rings is 1. The molecule has 0 saturated heterocycles. The van der Waals surface area contributed by atoms with Crippen molar-refractivity contribution in [2.75, 3.05) is 7.05 Å². The molecular weight excluding hydrogens is 349 g/mol. The van der Waals surface area contributed by atoms with Crippen LogP contribution in [0.15, 0.2) is 28.9 Å². The highest BCUT2D eigenvalue weighted by atomic mass is 79.9. The van der Waals surface area contributed by atoms with Crippen molar-refractivity contribution in [1.29, 1.82) is 0 Å². The molecule has 0 radical (unpaired) electrons. The van der Waals surface area contributed by atoms with Crippen molar-refractivity contribution in [2.45, 2.75) is 12.5 Å². The maximum Gasteiger partial charge on any atom is 0.0695 e. The maximum atomic E-state index is 6.23. The Bertz CT molecular complexity index is 544. The van der Waals surface area contributed by atoms with Gasteiger partial charge in [-0.3, -0.25) is 4.68 Å². The highest BCUT2D eigenvalue weighted by Gasteiger charge is 2.20. The van der Waals surface area contributed by atoms with E-state index in [9.17, 15) is 0 Å². The zero-order valence-corrected chi connectivity index (χ0v) is 13.7. The average Bonchev–Trinajstić information content (AvgIpc) is 2.70. The van der Waals surface area contributed by atoms with Crippen LogP contribution >= 0.6 is 39.1 Å². The smallest absolute Gasteiger partial charge is 0.0695 e. The summed E-state index contributed by atoms with van der Waals surface area (Å²) in [7, 11) is 3.83. The standard InChI is InChI=1S/C13H14BrCl2N3/c1-17-12(13-9(14)7-18-19(13)2)6-8-10(15)4-3-5-11(8)16/h3-5,7,12,17H,6H2,1-2H3. The Kier molecular flexibility index (Phi) is 4.90. The zero-order chi connectivity index (χ0) is 14.0. The number of nitrogens with one attached hydrogen (secondary N) is 1. The van der Waals surface area contributed by atoms with Crippen LogP contribution in [-0.2, 0) is 13.5 Å². The summed E-state index contributed by atoms with van der Waals surface area (Å²) >= 11 is 16.0. The van der Waals surface area contributed by atoms with Gasteiger partial charge in [-0.15, -0.1) is 0 Å². The molecule has 2 rings (SSSR count). The summed E-state index contributed by atoms with van der Waals surface area (Å²) in [6.07, 6.45) is 2.49. The topological polar surface area (TPSA) is 29.9 Å². The SMILES string of the molecule is CNC(Cc1c(Cl)cccc1Cl)c1c(Br)cnn1C. The summed E-state index contributed by atoms with van der Waals surface area (Å²) in [5.74, 6) is 0. The van der Waals surface area contributed by atoms with E-state index in [0.717, 1.165) is 15.7 Å². The van der Waals surface area contributed by atoms with Crippen LogP contribution in [0, 0.1) is 0 Å². The lowest BCUT2D eigenvalue weighted by molar-refractivity contribution is 0.535. The lowest BCUT2D eigenvalue weighted by atomic mass is 10.0. The Labute approximate surface area is 131 Å². The summed E-state index contributed by atoms with van der Waals surface area (Å²) in [6.45, 7) is 0. The first-order chi connectivity index (χ1) is 9.04. The van der Waals surface area contributed by atoms with E-state index in [1.165, 1.54) is 0 Å². The first kappa shape index (κ1) is 14.9. The van der Waals surface area contributed by atoms with Crippen molar-refractivity contribution < 1.29 is 0 Å². The number of hydrogen-bond donors (Lipinski definition) is 1. The van der Waals surface area contributed by atoms with Crippen LogP contribution in [0.25, 0.3) is 0 Å². The molecule has 0 saturated carbocycles. The summed E-state index contributed by atoms with van der Waals surface area (Å²) in [4.78, 5) is 0. The molecule has 6 heteroatoms. The number of likely N-dealkylation sites (N-methyl/N-ethyl adjacent to an activating group) is 1. The minimum absolute atomic E-state index is 0.0827. The molecular formula is C13H14BrCl2N3. The minimum atomic E-state index is 0.0827. The Morgan fingerprint density at radius 3 is 2.47 bits per heavy atom. The van der Waals surface area contributed by atoms with Crippen molar-refractivity contribution in [3.05, 3.63) is 50.2 Å². The van der Waals surface area contributed by atoms with Crippen molar-refractivity contribution >= 4 is 39.1 Å². The van der Waals surface area contributed by atoms with E-state index < -0.39 is 0 Å². The molecule has 0 amide bonds. The number of hydrogen-bond acceptors (Lipinski definition) is 2. The number of aryl methyl sites for hydroxylation is 1. The van der Waals surface area contributed by atoms with Gasteiger partial charge in [-0.05, 0) is 47.1 Å². The summed E-state index contributed by atoms with van der Waals surface area (Å²) in [5, 5.41) is 8.89. The molecule has 0 aliphatic carbocycles. The van der Waals surface area contributed by atoms with Gasteiger partial charge in [0.25, 0.3) is 0 Å². The second kappa shape index (κ2) is 6.27. The quantitative estimate of drug-likeness (QED) is 0.890. The molecule has 1 aromatic heterocycles. The van der Waals surface area contributed by atoms with Gasteiger partial charge in [-0.2, -0.15) is 5.10 Å². The van der Waals surface area contributed by atoms with Crippen LogP contribution in [-0.4, -0.2) is 16.8 Å². The van der Waals surface area contributed by atoms with E-state index in [0.29, 0.717) is 16.5 Å². The van der Waals surface area contributed by atoms with Crippen molar-refractivity contribution in [3.63, 3.8) is 0 Å². The predicted octanol–water partition coefficient (Wildman–Crippen LogP) is 3.99. The molecule has 102 valence electrons. The van der Waals surface area contributed by atoms with Crippen molar-refractivity contribution in [3.8, 4) is 0 Å². The average molecular weight is 363 g/mol. The van der Waals surface area contributed by atoms with E-state index >= 15 is 0 Å². The van der Waals surface area contributed by atoms with Crippen molar-refractivity contribution in [1.82, 2.24) is 15.1 Å². The van der Waals surface area contributed by atoms with Gasteiger partial charge in [0.2, 0.25) is 0 Å². The third-order valence-electron chi connectivity index (χ3n) is 3.09. The van der Waals surface area contributed by atoms with Gasteiger partial charge >= 0.3 is 0 Å². The highest BCUT2D eigenvalue weighted by molar-refractivity contribution is 9.10. The molecule has 1 heterocycles. The fourth-order valence-electron chi connectivity index (χ4n) is 2.08. The molecule has 0 aliphatic heterocycles. The molecule has 1 unspecified atom stereocenters. The van der Waals surface area contributed by atoms with E-state index in [1.54, 1.807) is 6.20 Å². The molecule has 3 nitrogen and oxygen atoms in total. The maximum absolute atomic E-state index is 6.23. The predicted molar refractivity (Wildman–Crippen MR) is 82.9 cm³/mol. The van der Waals surface area contributed by atoms with Crippen LogP contribution in [0.4, 0.5) is 0 Å². The third-order valence-corrected chi connectivity index (χ3v) is 4.41. The van der Waals surface area contributed by atoms with Gasteiger partial charge in [0.1, 0.15) is 0 Å². The van der Waals surface area contributed by atoms with Crippen molar-refractivity contribution in [2.24, 2.45) is 7.05 Å². The molecule has 1 atom stereocenters. The normalized spacial score (nSPS) is 12.7. The third kappa shape index (κ3) is 3.14. The second-order valence-corrected chi connectivity index (χ2v) is 5.92. The van der Waals surface area contributed by atoms with Gasteiger partial charge in [-0.25, -0.2) is 0 Å². The second-order valence-electron chi connectivity index (χ2n) is 4.25. The molecule has 1 aromatic carbocycles. The first-order valence-electron chi connectivity index (χ1n) is 5.82. The number of halogens is 3. The summed E-state index contributed by atoms with van der Waals surface area (Å²) in [5.41, 5.74) is 2.01.